The topological polar surface area (TPSA) is 21.3 Å². The van der Waals surface area contributed by atoms with Gasteiger partial charge in [0.1, 0.15) is 11.2 Å². The standard InChI is InChI=1S/C66H42N2O/c1-3-16-54-44(12-1)24-25-47-26-27-49(41-61(47)54)48-14-11-15-53(40-48)67(51-34-28-43(29-35-51)50-33-38-59-60-39-32-45-13-2-4-18-56(45)66(60)69-65(59)42-50)52-36-30-46(31-37-52)55-17-5-8-21-62(55)68-63-22-9-6-19-57(63)58-20-7-10-23-64(58)68/h1-42H. The summed E-state index contributed by atoms with van der Waals surface area (Å²) in [6.45, 7) is 0. The molecule has 0 spiro atoms. The zero-order chi connectivity index (χ0) is 45.4. The number of anilines is 3. The van der Waals surface area contributed by atoms with Gasteiger partial charge in [0.05, 0.1) is 16.7 Å². The van der Waals surface area contributed by atoms with E-state index in [0.717, 1.165) is 72.3 Å². The molecule has 0 bridgehead atoms. The van der Waals surface area contributed by atoms with Gasteiger partial charge in [0.25, 0.3) is 0 Å². The summed E-state index contributed by atoms with van der Waals surface area (Å²) >= 11 is 0. The summed E-state index contributed by atoms with van der Waals surface area (Å²) in [6, 6.07) is 92.5. The lowest BCUT2D eigenvalue weighted by Gasteiger charge is -2.26. The number of para-hydroxylation sites is 3. The van der Waals surface area contributed by atoms with Crippen molar-refractivity contribution in [1.29, 1.82) is 0 Å². The summed E-state index contributed by atoms with van der Waals surface area (Å²) in [5.41, 5.74) is 15.5. The van der Waals surface area contributed by atoms with E-state index >= 15 is 0 Å². The van der Waals surface area contributed by atoms with Crippen LogP contribution in [0.5, 0.6) is 0 Å². The molecule has 0 aliphatic rings. The highest BCUT2D eigenvalue weighted by molar-refractivity contribution is 6.15. The van der Waals surface area contributed by atoms with Crippen molar-refractivity contribution in [2.45, 2.75) is 0 Å². The third kappa shape index (κ3) is 6.43. The van der Waals surface area contributed by atoms with Crippen LogP contribution in [0, 0.1) is 0 Å². The second kappa shape index (κ2) is 15.7. The van der Waals surface area contributed by atoms with Crippen LogP contribution in [0.1, 0.15) is 0 Å². The molecular formula is C66H42N2O. The smallest absolute Gasteiger partial charge is 0.143 e. The Bertz CT molecular complexity index is 4260. The Balaban J connectivity index is 0.876. The van der Waals surface area contributed by atoms with Crippen LogP contribution < -0.4 is 4.90 Å². The molecule has 0 N–H and O–H groups in total. The monoisotopic (exact) mass is 878 g/mol. The minimum Gasteiger partial charge on any atom is -0.455 e. The lowest BCUT2D eigenvalue weighted by atomic mass is 9.97. The van der Waals surface area contributed by atoms with Gasteiger partial charge in [-0.2, -0.15) is 0 Å². The molecule has 0 aliphatic carbocycles. The van der Waals surface area contributed by atoms with Crippen molar-refractivity contribution in [1.82, 2.24) is 4.57 Å². The molecule has 14 rings (SSSR count). The SMILES string of the molecule is c1cc(-c2ccc3ccc4ccccc4c3c2)cc(N(c2ccc(-c3ccc4c(c3)oc3c5ccccc5ccc43)cc2)c2ccc(-c3ccccc3-n3c4ccccc4c4ccccc43)cc2)c1. The first kappa shape index (κ1) is 39.0. The highest BCUT2D eigenvalue weighted by Crippen LogP contribution is 2.42. The summed E-state index contributed by atoms with van der Waals surface area (Å²) in [7, 11) is 0. The lowest BCUT2D eigenvalue weighted by molar-refractivity contribution is 0.673. The van der Waals surface area contributed by atoms with Crippen molar-refractivity contribution in [2.75, 3.05) is 4.90 Å². The van der Waals surface area contributed by atoms with E-state index in [-0.39, 0.29) is 0 Å². The van der Waals surface area contributed by atoms with Crippen LogP contribution in [0.4, 0.5) is 17.1 Å². The van der Waals surface area contributed by atoms with E-state index in [1.807, 2.05) is 0 Å². The van der Waals surface area contributed by atoms with E-state index in [2.05, 4.69) is 264 Å². The second-order valence-electron chi connectivity index (χ2n) is 18.1. The minimum atomic E-state index is 0.892. The summed E-state index contributed by atoms with van der Waals surface area (Å²) in [4.78, 5) is 2.37. The Hall–Kier alpha value is -9.18. The molecule has 0 amide bonds. The fourth-order valence-electron chi connectivity index (χ4n) is 10.8. The number of benzene rings is 12. The third-order valence-corrected chi connectivity index (χ3v) is 14.2. The van der Waals surface area contributed by atoms with Gasteiger partial charge in [-0.15, -0.1) is 0 Å². The number of hydrogen-bond acceptors (Lipinski definition) is 2. The lowest BCUT2D eigenvalue weighted by Crippen LogP contribution is -2.10. The molecule has 0 fully saturated rings. The molecule has 0 saturated heterocycles. The number of hydrogen-bond donors (Lipinski definition) is 0. The Kier molecular flexibility index (Phi) is 8.90. The Labute approximate surface area is 399 Å². The maximum atomic E-state index is 6.60. The molecule has 0 radical (unpaired) electrons. The molecule has 3 nitrogen and oxygen atoms in total. The van der Waals surface area contributed by atoms with Gasteiger partial charge in [-0.25, -0.2) is 0 Å². The zero-order valence-corrected chi connectivity index (χ0v) is 37.6. The predicted molar refractivity (Wildman–Crippen MR) is 292 cm³/mol. The minimum absolute atomic E-state index is 0.892. The second-order valence-corrected chi connectivity index (χ2v) is 18.1. The van der Waals surface area contributed by atoms with Gasteiger partial charge >= 0.3 is 0 Å². The summed E-state index contributed by atoms with van der Waals surface area (Å²) in [5, 5.41) is 12.1. The largest absolute Gasteiger partial charge is 0.455 e. The maximum absolute atomic E-state index is 6.60. The van der Waals surface area contributed by atoms with Crippen LogP contribution in [-0.2, 0) is 0 Å². The van der Waals surface area contributed by atoms with Crippen molar-refractivity contribution in [3.8, 4) is 39.1 Å². The van der Waals surface area contributed by atoms with Crippen molar-refractivity contribution >= 4 is 93.1 Å². The third-order valence-electron chi connectivity index (χ3n) is 14.2. The van der Waals surface area contributed by atoms with Crippen molar-refractivity contribution in [3.05, 3.63) is 255 Å². The first-order valence-corrected chi connectivity index (χ1v) is 23.6. The van der Waals surface area contributed by atoms with Crippen LogP contribution in [-0.4, -0.2) is 4.57 Å². The molecular weight excluding hydrogens is 837 g/mol. The Morgan fingerprint density at radius 2 is 0.812 bits per heavy atom. The van der Waals surface area contributed by atoms with Gasteiger partial charge < -0.3 is 13.9 Å². The zero-order valence-electron chi connectivity index (χ0n) is 37.6. The number of nitrogens with zero attached hydrogens (tertiary/aromatic N) is 2. The molecule has 14 aromatic rings. The van der Waals surface area contributed by atoms with Gasteiger partial charge in [0.2, 0.25) is 0 Å². The first-order valence-electron chi connectivity index (χ1n) is 23.6. The Morgan fingerprint density at radius 1 is 0.290 bits per heavy atom. The van der Waals surface area contributed by atoms with E-state index < -0.39 is 0 Å². The highest BCUT2D eigenvalue weighted by atomic mass is 16.3. The number of fused-ring (bicyclic) bond motifs is 11. The van der Waals surface area contributed by atoms with Crippen LogP contribution in [0.15, 0.2) is 259 Å². The average molecular weight is 879 g/mol. The van der Waals surface area contributed by atoms with Gasteiger partial charge in [0, 0.05) is 49.6 Å². The molecule has 0 saturated carbocycles. The van der Waals surface area contributed by atoms with E-state index in [9.17, 15) is 0 Å². The first-order chi connectivity index (χ1) is 34.2. The van der Waals surface area contributed by atoms with Crippen LogP contribution in [0.2, 0.25) is 0 Å². The molecule has 3 heteroatoms. The van der Waals surface area contributed by atoms with Crippen molar-refractivity contribution < 1.29 is 4.42 Å². The Morgan fingerprint density at radius 3 is 1.57 bits per heavy atom. The molecule has 2 aromatic heterocycles. The van der Waals surface area contributed by atoms with Crippen LogP contribution in [0.25, 0.3) is 115 Å². The van der Waals surface area contributed by atoms with E-state index in [1.54, 1.807) is 0 Å². The molecule has 322 valence electrons. The van der Waals surface area contributed by atoms with E-state index in [1.165, 1.54) is 59.9 Å². The summed E-state index contributed by atoms with van der Waals surface area (Å²) in [6.07, 6.45) is 0. The van der Waals surface area contributed by atoms with E-state index in [4.69, 9.17) is 4.42 Å². The quantitative estimate of drug-likeness (QED) is 0.149. The molecule has 69 heavy (non-hydrogen) atoms. The van der Waals surface area contributed by atoms with Gasteiger partial charge in [-0.3, -0.25) is 0 Å². The molecule has 2 heterocycles. The summed E-state index contributed by atoms with van der Waals surface area (Å²) < 4.78 is 9.01. The van der Waals surface area contributed by atoms with E-state index in [0.29, 0.717) is 0 Å². The van der Waals surface area contributed by atoms with Gasteiger partial charge in [-0.05, 0) is 134 Å². The number of furan rings is 1. The fourth-order valence-corrected chi connectivity index (χ4v) is 10.8. The normalized spacial score (nSPS) is 11.8. The van der Waals surface area contributed by atoms with Crippen molar-refractivity contribution in [2.24, 2.45) is 0 Å². The number of aromatic nitrogens is 1. The van der Waals surface area contributed by atoms with Gasteiger partial charge in [0.15, 0.2) is 0 Å². The van der Waals surface area contributed by atoms with Gasteiger partial charge in [-0.1, -0.05) is 176 Å². The van der Waals surface area contributed by atoms with Crippen LogP contribution >= 0.6 is 0 Å². The average Bonchev–Trinajstić information content (AvgIpc) is 3.97. The maximum Gasteiger partial charge on any atom is 0.143 e. The fraction of sp³-hybridized carbons (Fsp3) is 0. The highest BCUT2D eigenvalue weighted by Gasteiger charge is 2.19. The molecule has 12 aromatic carbocycles. The van der Waals surface area contributed by atoms with Crippen molar-refractivity contribution in [3.63, 3.8) is 0 Å². The van der Waals surface area contributed by atoms with Crippen LogP contribution in [0.3, 0.4) is 0 Å². The predicted octanol–water partition coefficient (Wildman–Crippen LogP) is 18.6. The molecule has 0 aliphatic heterocycles. The molecule has 0 unspecified atom stereocenters. The molecule has 0 atom stereocenters. The summed E-state index contributed by atoms with van der Waals surface area (Å²) in [5.74, 6) is 0. The number of rotatable bonds is 7.